The van der Waals surface area contributed by atoms with Crippen molar-refractivity contribution in [1.82, 2.24) is 14.7 Å². The number of nitrogens with zero attached hydrogens (tertiary/aromatic N) is 3. The van der Waals surface area contributed by atoms with E-state index in [1.165, 1.54) is 12.1 Å². The van der Waals surface area contributed by atoms with Crippen LogP contribution in [0.3, 0.4) is 0 Å². The molecule has 5 rings (SSSR count). The third-order valence-corrected chi connectivity index (χ3v) is 7.36. The van der Waals surface area contributed by atoms with Crippen LogP contribution in [0.15, 0.2) is 66.7 Å². The van der Waals surface area contributed by atoms with Crippen molar-refractivity contribution in [2.45, 2.75) is 25.3 Å². The van der Waals surface area contributed by atoms with Gasteiger partial charge in [-0.25, -0.2) is 4.79 Å². The largest absolute Gasteiger partial charge is 0.492 e. The first-order valence-electron chi connectivity index (χ1n) is 13.2. The number of carbonyl (C=O) groups is 5. The molecule has 40 heavy (non-hydrogen) atoms. The number of fused-ring (bicyclic) bond motifs is 2. The van der Waals surface area contributed by atoms with Crippen LogP contribution in [0.4, 0.5) is 0 Å². The Kier molecular flexibility index (Phi) is 7.77. The Balaban J connectivity index is 1.09. The topological polar surface area (TPSA) is 125 Å². The van der Waals surface area contributed by atoms with Gasteiger partial charge in [0.25, 0.3) is 11.8 Å². The Labute approximate surface area is 230 Å². The lowest BCUT2D eigenvalue weighted by Crippen LogP contribution is -2.51. The maximum Gasteiger partial charge on any atom is 0.326 e. The molecule has 0 aromatic heterocycles. The monoisotopic (exact) mass is 543 g/mol. The summed E-state index contributed by atoms with van der Waals surface area (Å²) in [4.78, 5) is 67.0. The van der Waals surface area contributed by atoms with Crippen LogP contribution >= 0.6 is 0 Å². The Morgan fingerprint density at radius 3 is 1.93 bits per heavy atom. The van der Waals surface area contributed by atoms with Gasteiger partial charge in [0, 0.05) is 38.0 Å². The Morgan fingerprint density at radius 2 is 1.30 bits per heavy atom. The van der Waals surface area contributed by atoms with Crippen LogP contribution in [0.1, 0.15) is 40.0 Å². The number of carboxylic acid groups (broad SMARTS) is 1. The number of rotatable bonds is 9. The lowest BCUT2D eigenvalue weighted by atomic mass is 10.1. The number of imide groups is 1. The fourth-order valence-corrected chi connectivity index (χ4v) is 5.21. The Hall–Kier alpha value is -4.73. The summed E-state index contributed by atoms with van der Waals surface area (Å²) in [5.41, 5.74) is 0.321. The number of aliphatic carboxylic acids is 1. The molecule has 2 aliphatic rings. The first kappa shape index (κ1) is 26.9. The minimum absolute atomic E-state index is 0.0658. The van der Waals surface area contributed by atoms with Crippen molar-refractivity contribution in [2.75, 3.05) is 32.8 Å². The van der Waals surface area contributed by atoms with Crippen LogP contribution in [-0.2, 0) is 14.4 Å². The number of piperazine rings is 1. The van der Waals surface area contributed by atoms with E-state index in [1.54, 1.807) is 21.9 Å². The number of amides is 4. The third-order valence-electron chi connectivity index (χ3n) is 7.36. The minimum atomic E-state index is -1.44. The standard InChI is InChI=1S/C30H29N3O7/c34-26(13-12-24(30(38)39)33-28(36)22-9-3-4-10-23(22)29(33)37)31-15-17-32(18-16-31)27(35)14-19-40-25-11-5-7-20-6-1-2-8-21(20)25/h1-11,24H,12-19H2,(H,38,39)/t24-/m0/s1. The van der Waals surface area contributed by atoms with Gasteiger partial charge < -0.3 is 19.6 Å². The molecule has 10 nitrogen and oxygen atoms in total. The summed E-state index contributed by atoms with van der Waals surface area (Å²) in [6.45, 7) is 1.60. The normalized spacial score (nSPS) is 15.8. The van der Waals surface area contributed by atoms with Crippen LogP contribution in [0.25, 0.3) is 10.8 Å². The van der Waals surface area contributed by atoms with Gasteiger partial charge in [0.15, 0.2) is 0 Å². The quantitative estimate of drug-likeness (QED) is 0.412. The second-order valence-electron chi connectivity index (χ2n) is 9.76. The van der Waals surface area contributed by atoms with Gasteiger partial charge in [-0.1, -0.05) is 48.5 Å². The average Bonchev–Trinajstić information content (AvgIpc) is 3.22. The smallest absolute Gasteiger partial charge is 0.326 e. The van der Waals surface area contributed by atoms with Crippen molar-refractivity contribution in [2.24, 2.45) is 0 Å². The molecule has 4 amide bonds. The SMILES string of the molecule is O=C(O)[C@H](CCC(=O)N1CCN(C(=O)CCOc2cccc3ccccc23)CC1)N1C(=O)c2ccccc2C1=O. The maximum absolute atomic E-state index is 12.9. The van der Waals surface area contributed by atoms with Gasteiger partial charge in [-0.2, -0.15) is 0 Å². The van der Waals surface area contributed by atoms with E-state index < -0.39 is 23.8 Å². The molecule has 3 aromatic carbocycles. The molecule has 3 aromatic rings. The van der Waals surface area contributed by atoms with E-state index in [9.17, 15) is 29.1 Å². The van der Waals surface area contributed by atoms with E-state index >= 15 is 0 Å². The van der Waals surface area contributed by atoms with Crippen molar-refractivity contribution < 1.29 is 33.8 Å². The highest BCUT2D eigenvalue weighted by Crippen LogP contribution is 2.27. The number of benzene rings is 3. The lowest BCUT2D eigenvalue weighted by Gasteiger charge is -2.35. The van der Waals surface area contributed by atoms with E-state index in [1.807, 2.05) is 42.5 Å². The fourth-order valence-electron chi connectivity index (χ4n) is 5.21. The zero-order valence-corrected chi connectivity index (χ0v) is 21.8. The summed E-state index contributed by atoms with van der Waals surface area (Å²) >= 11 is 0. The van der Waals surface area contributed by atoms with E-state index in [0.29, 0.717) is 26.2 Å². The van der Waals surface area contributed by atoms with Gasteiger partial charge in [-0.3, -0.25) is 24.1 Å². The molecule has 0 radical (unpaired) electrons. The molecule has 1 atom stereocenters. The first-order chi connectivity index (χ1) is 19.3. The summed E-state index contributed by atoms with van der Waals surface area (Å²) in [6.07, 6.45) is -0.126. The van der Waals surface area contributed by atoms with Gasteiger partial charge in [-0.15, -0.1) is 0 Å². The van der Waals surface area contributed by atoms with Crippen molar-refractivity contribution in [3.63, 3.8) is 0 Å². The molecule has 0 unspecified atom stereocenters. The molecule has 1 N–H and O–H groups in total. The molecular formula is C30H29N3O7. The molecule has 0 saturated carbocycles. The van der Waals surface area contributed by atoms with E-state index in [4.69, 9.17) is 4.74 Å². The van der Waals surface area contributed by atoms with Gasteiger partial charge >= 0.3 is 5.97 Å². The summed E-state index contributed by atoms with van der Waals surface area (Å²) in [7, 11) is 0. The van der Waals surface area contributed by atoms with Crippen LogP contribution in [0.5, 0.6) is 5.75 Å². The lowest BCUT2D eigenvalue weighted by molar-refractivity contribution is -0.143. The molecular weight excluding hydrogens is 514 g/mol. The molecule has 2 heterocycles. The van der Waals surface area contributed by atoms with Gasteiger partial charge in [0.1, 0.15) is 11.8 Å². The zero-order chi connectivity index (χ0) is 28.2. The number of carbonyl (C=O) groups excluding carboxylic acids is 4. The maximum atomic E-state index is 12.9. The zero-order valence-electron chi connectivity index (χ0n) is 21.8. The molecule has 206 valence electrons. The molecule has 0 bridgehead atoms. The second kappa shape index (κ2) is 11.6. The Morgan fingerprint density at radius 1 is 0.750 bits per heavy atom. The van der Waals surface area contributed by atoms with Gasteiger partial charge in [-0.05, 0) is 30.0 Å². The summed E-state index contributed by atoms with van der Waals surface area (Å²) in [5, 5.41) is 11.8. The van der Waals surface area contributed by atoms with Crippen molar-refractivity contribution >= 4 is 40.4 Å². The summed E-state index contributed by atoms with van der Waals surface area (Å²) < 4.78 is 5.88. The van der Waals surface area contributed by atoms with E-state index in [2.05, 4.69) is 0 Å². The third kappa shape index (κ3) is 5.38. The fraction of sp³-hybridized carbons (Fsp3) is 0.300. The van der Waals surface area contributed by atoms with Crippen LogP contribution < -0.4 is 4.74 Å². The highest BCUT2D eigenvalue weighted by atomic mass is 16.5. The number of hydrogen-bond donors (Lipinski definition) is 1. The number of hydrogen-bond acceptors (Lipinski definition) is 6. The highest BCUT2D eigenvalue weighted by Gasteiger charge is 2.43. The molecule has 2 aliphatic heterocycles. The molecule has 10 heteroatoms. The van der Waals surface area contributed by atoms with Crippen LogP contribution in [-0.4, -0.2) is 88.2 Å². The summed E-state index contributed by atoms with van der Waals surface area (Å²) in [5.74, 6) is -2.31. The van der Waals surface area contributed by atoms with E-state index in [0.717, 1.165) is 21.4 Å². The molecule has 0 spiro atoms. The molecule has 0 aliphatic carbocycles. The first-order valence-corrected chi connectivity index (χ1v) is 13.2. The Bertz CT molecular complexity index is 1440. The van der Waals surface area contributed by atoms with Crippen molar-refractivity contribution in [3.8, 4) is 5.75 Å². The highest BCUT2D eigenvalue weighted by molar-refractivity contribution is 6.22. The van der Waals surface area contributed by atoms with Crippen molar-refractivity contribution in [1.29, 1.82) is 0 Å². The van der Waals surface area contributed by atoms with Crippen LogP contribution in [0, 0.1) is 0 Å². The predicted molar refractivity (Wildman–Crippen MR) is 145 cm³/mol. The van der Waals surface area contributed by atoms with E-state index in [-0.39, 0.29) is 48.8 Å². The van der Waals surface area contributed by atoms with Gasteiger partial charge in [0.2, 0.25) is 11.8 Å². The predicted octanol–water partition coefficient (Wildman–Crippen LogP) is 2.81. The summed E-state index contributed by atoms with van der Waals surface area (Å²) in [6, 6.07) is 18.4. The molecule has 1 fully saturated rings. The van der Waals surface area contributed by atoms with Crippen molar-refractivity contribution in [3.05, 3.63) is 77.9 Å². The number of ether oxygens (including phenoxy) is 1. The average molecular weight is 544 g/mol. The minimum Gasteiger partial charge on any atom is -0.492 e. The number of carboxylic acids is 1. The second-order valence-corrected chi connectivity index (χ2v) is 9.76. The van der Waals surface area contributed by atoms with Gasteiger partial charge in [0.05, 0.1) is 24.2 Å². The van der Waals surface area contributed by atoms with Crippen LogP contribution in [0.2, 0.25) is 0 Å². The molecule has 1 saturated heterocycles.